The van der Waals surface area contributed by atoms with Crippen molar-refractivity contribution in [3.8, 4) is 11.5 Å². The number of hydrogen-bond donors (Lipinski definition) is 3. The lowest BCUT2D eigenvalue weighted by atomic mass is 10.1. The number of nitrogens with one attached hydrogen (secondary N) is 3. The van der Waals surface area contributed by atoms with Crippen molar-refractivity contribution in [2.75, 3.05) is 12.4 Å². The Kier molecular flexibility index (Phi) is 5.24. The molecule has 1 aromatic heterocycles. The van der Waals surface area contributed by atoms with Crippen LogP contribution in [0.3, 0.4) is 0 Å². The van der Waals surface area contributed by atoms with Crippen LogP contribution in [0, 0.1) is 6.92 Å². The van der Waals surface area contributed by atoms with Crippen molar-refractivity contribution in [3.63, 3.8) is 0 Å². The number of aromatic amines is 2. The molecule has 148 valence electrons. The number of benzene rings is 3. The van der Waals surface area contributed by atoms with Crippen LogP contribution >= 0.6 is 0 Å². The van der Waals surface area contributed by atoms with Crippen LogP contribution in [-0.2, 0) is 13.2 Å². The van der Waals surface area contributed by atoms with E-state index in [9.17, 15) is 4.79 Å². The molecule has 0 aliphatic carbocycles. The first-order valence-corrected chi connectivity index (χ1v) is 9.42. The molecule has 0 aliphatic rings. The van der Waals surface area contributed by atoms with E-state index < -0.39 is 0 Å². The molecule has 0 fully saturated rings. The van der Waals surface area contributed by atoms with Gasteiger partial charge in [0.05, 0.1) is 18.1 Å². The molecule has 6 nitrogen and oxygen atoms in total. The maximum Gasteiger partial charge on any atom is 0.323 e. The fraction of sp³-hybridized carbons (Fsp3) is 0.174. The zero-order valence-electron chi connectivity index (χ0n) is 16.4. The molecule has 0 atom stereocenters. The lowest BCUT2D eigenvalue weighted by Gasteiger charge is -2.16. The average Bonchev–Trinajstić information content (AvgIpc) is 3.11. The van der Waals surface area contributed by atoms with Gasteiger partial charge in [-0.1, -0.05) is 42.0 Å². The third-order valence-corrected chi connectivity index (χ3v) is 4.78. The fourth-order valence-electron chi connectivity index (χ4n) is 3.20. The molecular weight excluding hydrogens is 366 g/mol. The van der Waals surface area contributed by atoms with E-state index in [0.717, 1.165) is 33.6 Å². The van der Waals surface area contributed by atoms with Crippen LogP contribution in [0.5, 0.6) is 11.5 Å². The molecule has 3 N–H and O–H groups in total. The molecule has 0 saturated carbocycles. The van der Waals surface area contributed by atoms with E-state index in [1.54, 1.807) is 7.11 Å². The summed E-state index contributed by atoms with van der Waals surface area (Å²) in [5.41, 5.74) is 5.54. The Bertz CT molecular complexity index is 1180. The second-order valence-electron chi connectivity index (χ2n) is 6.92. The number of anilines is 1. The van der Waals surface area contributed by atoms with Gasteiger partial charge in [-0.15, -0.1) is 0 Å². The predicted molar refractivity (Wildman–Crippen MR) is 115 cm³/mol. The quantitative estimate of drug-likeness (QED) is 0.439. The van der Waals surface area contributed by atoms with Crippen molar-refractivity contribution in [1.29, 1.82) is 0 Å². The molecule has 4 aromatic rings. The Morgan fingerprint density at radius 2 is 1.76 bits per heavy atom. The Labute approximate surface area is 168 Å². The highest BCUT2D eigenvalue weighted by Crippen LogP contribution is 2.32. The molecule has 0 unspecified atom stereocenters. The van der Waals surface area contributed by atoms with E-state index in [1.807, 2.05) is 36.4 Å². The second kappa shape index (κ2) is 8.14. The van der Waals surface area contributed by atoms with Crippen molar-refractivity contribution in [1.82, 2.24) is 9.97 Å². The molecule has 3 aromatic carbocycles. The number of imidazole rings is 1. The largest absolute Gasteiger partial charge is 0.493 e. The highest BCUT2D eigenvalue weighted by Gasteiger charge is 2.11. The van der Waals surface area contributed by atoms with Gasteiger partial charge < -0.3 is 24.8 Å². The Hall–Kier alpha value is -3.67. The zero-order valence-corrected chi connectivity index (χ0v) is 16.4. The first kappa shape index (κ1) is 18.7. The molecule has 0 saturated heterocycles. The average molecular weight is 389 g/mol. The van der Waals surface area contributed by atoms with Gasteiger partial charge in [0, 0.05) is 17.8 Å². The number of aromatic nitrogens is 2. The van der Waals surface area contributed by atoms with E-state index in [-0.39, 0.29) is 5.69 Å². The minimum absolute atomic E-state index is 0.211. The van der Waals surface area contributed by atoms with Gasteiger partial charge in [0.2, 0.25) is 0 Å². The monoisotopic (exact) mass is 389 g/mol. The predicted octanol–water partition coefficient (Wildman–Crippen LogP) is 4.36. The Morgan fingerprint density at radius 3 is 2.55 bits per heavy atom. The first-order valence-electron chi connectivity index (χ1n) is 9.42. The summed E-state index contributed by atoms with van der Waals surface area (Å²) in [4.78, 5) is 17.0. The van der Waals surface area contributed by atoms with Gasteiger partial charge in [0.15, 0.2) is 11.5 Å². The summed E-state index contributed by atoms with van der Waals surface area (Å²) < 4.78 is 11.6. The summed E-state index contributed by atoms with van der Waals surface area (Å²) in [5.74, 6) is 1.42. The third kappa shape index (κ3) is 4.27. The van der Waals surface area contributed by atoms with E-state index in [4.69, 9.17) is 9.47 Å². The summed E-state index contributed by atoms with van der Waals surface area (Å²) in [5, 5.41) is 3.39. The molecule has 0 amide bonds. The second-order valence-corrected chi connectivity index (χ2v) is 6.92. The fourth-order valence-corrected chi connectivity index (χ4v) is 3.20. The molecule has 0 bridgehead atoms. The molecule has 1 heterocycles. The summed E-state index contributed by atoms with van der Waals surface area (Å²) in [7, 11) is 1.64. The first-order chi connectivity index (χ1) is 14.1. The van der Waals surface area contributed by atoms with E-state index in [2.05, 4.69) is 46.5 Å². The van der Waals surface area contributed by atoms with Crippen molar-refractivity contribution in [3.05, 3.63) is 87.8 Å². The van der Waals surface area contributed by atoms with Gasteiger partial charge >= 0.3 is 5.69 Å². The van der Waals surface area contributed by atoms with Crippen molar-refractivity contribution < 1.29 is 9.47 Å². The van der Waals surface area contributed by atoms with Crippen LogP contribution in [0.1, 0.15) is 16.7 Å². The van der Waals surface area contributed by atoms with Crippen LogP contribution in [0.2, 0.25) is 0 Å². The molecule has 4 rings (SSSR count). The lowest BCUT2D eigenvalue weighted by Crippen LogP contribution is -2.05. The maximum atomic E-state index is 11.4. The lowest BCUT2D eigenvalue weighted by molar-refractivity contribution is 0.281. The number of H-pyrrole nitrogens is 2. The van der Waals surface area contributed by atoms with Crippen LogP contribution in [0.15, 0.2) is 65.5 Å². The zero-order chi connectivity index (χ0) is 20.2. The van der Waals surface area contributed by atoms with E-state index in [1.165, 1.54) is 5.56 Å². The molecule has 0 spiro atoms. The third-order valence-electron chi connectivity index (χ3n) is 4.78. The summed E-state index contributed by atoms with van der Waals surface area (Å²) in [6.07, 6.45) is 0. The Morgan fingerprint density at radius 1 is 0.966 bits per heavy atom. The molecule has 6 heteroatoms. The standard InChI is InChI=1S/C23H23N3O3/c1-15-6-8-16(9-7-15)14-29-22-17(4-3-5-21(22)28-2)13-24-18-10-11-19-20(12-18)26-23(27)25-19/h3-12,24H,13-14H2,1-2H3,(H2,25,26,27). The van der Waals surface area contributed by atoms with Crippen molar-refractivity contribution in [2.45, 2.75) is 20.1 Å². The number of rotatable bonds is 7. The normalized spacial score (nSPS) is 10.8. The van der Waals surface area contributed by atoms with E-state index in [0.29, 0.717) is 18.9 Å². The Balaban J connectivity index is 1.52. The van der Waals surface area contributed by atoms with Crippen molar-refractivity contribution >= 4 is 16.7 Å². The topological polar surface area (TPSA) is 79.1 Å². The van der Waals surface area contributed by atoms with Crippen LogP contribution in [0.4, 0.5) is 5.69 Å². The minimum Gasteiger partial charge on any atom is -0.493 e. The summed E-state index contributed by atoms with van der Waals surface area (Å²) in [6.45, 7) is 3.08. The molecule has 0 aliphatic heterocycles. The highest BCUT2D eigenvalue weighted by molar-refractivity contribution is 5.78. The number of para-hydroxylation sites is 1. The molecule has 0 radical (unpaired) electrons. The number of ether oxygens (including phenoxy) is 2. The molecular formula is C23H23N3O3. The van der Waals surface area contributed by atoms with Gasteiger partial charge in [-0.3, -0.25) is 0 Å². The van der Waals surface area contributed by atoms with Crippen LogP contribution in [-0.4, -0.2) is 17.1 Å². The number of fused-ring (bicyclic) bond motifs is 1. The van der Waals surface area contributed by atoms with E-state index >= 15 is 0 Å². The maximum absolute atomic E-state index is 11.4. The number of aryl methyl sites for hydroxylation is 1. The summed E-state index contributed by atoms with van der Waals surface area (Å²) >= 11 is 0. The minimum atomic E-state index is -0.211. The van der Waals surface area contributed by atoms with Gasteiger partial charge in [-0.05, 0) is 36.8 Å². The SMILES string of the molecule is COc1cccc(CNc2ccc3[nH]c(=O)[nH]c3c2)c1OCc1ccc(C)cc1. The smallest absolute Gasteiger partial charge is 0.323 e. The van der Waals surface area contributed by atoms with Crippen LogP contribution < -0.4 is 20.5 Å². The van der Waals surface area contributed by atoms with Crippen molar-refractivity contribution in [2.24, 2.45) is 0 Å². The van der Waals surface area contributed by atoms with Gasteiger partial charge in [-0.2, -0.15) is 0 Å². The van der Waals surface area contributed by atoms with Crippen LogP contribution in [0.25, 0.3) is 11.0 Å². The number of methoxy groups -OCH3 is 1. The van der Waals surface area contributed by atoms with Gasteiger partial charge in [-0.25, -0.2) is 4.79 Å². The highest BCUT2D eigenvalue weighted by atomic mass is 16.5. The summed E-state index contributed by atoms with van der Waals surface area (Å²) in [6, 6.07) is 19.8. The number of hydrogen-bond acceptors (Lipinski definition) is 4. The molecule has 29 heavy (non-hydrogen) atoms. The van der Waals surface area contributed by atoms with Gasteiger partial charge in [0.1, 0.15) is 6.61 Å². The van der Waals surface area contributed by atoms with Gasteiger partial charge in [0.25, 0.3) is 0 Å².